The Balaban J connectivity index is 2.56. The molecule has 0 aliphatic carbocycles. The Morgan fingerprint density at radius 2 is 2.22 bits per heavy atom. The molecule has 96 valence electrons. The van der Waals surface area contributed by atoms with Crippen molar-refractivity contribution in [3.63, 3.8) is 0 Å². The van der Waals surface area contributed by atoms with Crippen molar-refractivity contribution < 1.29 is 14.3 Å². The van der Waals surface area contributed by atoms with Gasteiger partial charge in [0.05, 0.1) is 6.61 Å². The zero-order valence-corrected chi connectivity index (χ0v) is 10.9. The second-order valence-electron chi connectivity index (χ2n) is 3.90. The van der Waals surface area contributed by atoms with Crippen LogP contribution in [0.15, 0.2) is 18.2 Å². The van der Waals surface area contributed by atoms with Crippen molar-refractivity contribution in [1.82, 2.24) is 0 Å². The lowest BCUT2D eigenvalue weighted by atomic mass is 10.1. The van der Waals surface area contributed by atoms with Crippen LogP contribution in [0.2, 0.25) is 0 Å². The van der Waals surface area contributed by atoms with E-state index in [0.717, 1.165) is 16.9 Å². The lowest BCUT2D eigenvalue weighted by Crippen LogP contribution is -2.05. The maximum absolute atomic E-state index is 11.2. The lowest BCUT2D eigenvalue weighted by Gasteiger charge is -2.08. The topological polar surface area (TPSA) is 35.5 Å². The van der Waals surface area contributed by atoms with Crippen molar-refractivity contribution in [3.8, 4) is 18.1 Å². The van der Waals surface area contributed by atoms with Crippen molar-refractivity contribution in [2.45, 2.75) is 26.7 Å². The van der Waals surface area contributed by atoms with Gasteiger partial charge in [-0.25, -0.2) is 0 Å². The Morgan fingerprint density at radius 1 is 1.44 bits per heavy atom. The highest BCUT2D eigenvalue weighted by Gasteiger charge is 2.05. The average molecular weight is 246 g/mol. The van der Waals surface area contributed by atoms with Gasteiger partial charge in [0, 0.05) is 6.42 Å². The molecule has 18 heavy (non-hydrogen) atoms. The number of terminal acetylenes is 1. The highest BCUT2D eigenvalue weighted by Crippen LogP contribution is 2.19. The van der Waals surface area contributed by atoms with Crippen LogP contribution in [-0.2, 0) is 16.0 Å². The Hall–Kier alpha value is -1.95. The van der Waals surface area contributed by atoms with E-state index in [4.69, 9.17) is 15.9 Å². The van der Waals surface area contributed by atoms with Gasteiger partial charge in [0.25, 0.3) is 0 Å². The lowest BCUT2D eigenvalue weighted by molar-refractivity contribution is -0.143. The molecule has 0 radical (unpaired) electrons. The molecule has 0 bridgehead atoms. The van der Waals surface area contributed by atoms with E-state index in [1.54, 1.807) is 6.92 Å². The number of rotatable bonds is 6. The maximum Gasteiger partial charge on any atom is 0.306 e. The summed E-state index contributed by atoms with van der Waals surface area (Å²) >= 11 is 0. The molecular formula is C15H18O3. The summed E-state index contributed by atoms with van der Waals surface area (Å²) in [6.07, 6.45) is 6.22. The molecule has 0 fully saturated rings. The first-order chi connectivity index (χ1) is 8.67. The number of carbonyl (C=O) groups excluding carboxylic acids is 1. The van der Waals surface area contributed by atoms with E-state index in [0.29, 0.717) is 19.4 Å². The molecule has 0 aliphatic rings. The van der Waals surface area contributed by atoms with Crippen molar-refractivity contribution in [2.24, 2.45) is 0 Å². The van der Waals surface area contributed by atoms with Crippen LogP contribution in [-0.4, -0.2) is 19.2 Å². The standard InChI is InChI=1S/C15H18O3/c1-4-10-18-14-8-6-13(11-12(14)3)7-9-15(16)17-5-2/h1,6,8,11H,5,7,9-10H2,2-3H3. The highest BCUT2D eigenvalue weighted by molar-refractivity contribution is 5.69. The zero-order chi connectivity index (χ0) is 13.4. The smallest absolute Gasteiger partial charge is 0.306 e. The van der Waals surface area contributed by atoms with Crippen LogP contribution in [0, 0.1) is 19.3 Å². The molecule has 0 aromatic heterocycles. The second-order valence-corrected chi connectivity index (χ2v) is 3.90. The van der Waals surface area contributed by atoms with Crippen LogP contribution >= 0.6 is 0 Å². The Labute approximate surface area is 108 Å². The van der Waals surface area contributed by atoms with Crippen LogP contribution in [0.25, 0.3) is 0 Å². The summed E-state index contributed by atoms with van der Waals surface area (Å²) in [4.78, 5) is 11.2. The van der Waals surface area contributed by atoms with Gasteiger partial charge >= 0.3 is 5.97 Å². The summed E-state index contributed by atoms with van der Waals surface area (Å²) in [6, 6.07) is 5.83. The zero-order valence-electron chi connectivity index (χ0n) is 10.9. The number of esters is 1. The fourth-order valence-electron chi connectivity index (χ4n) is 1.63. The Bertz CT molecular complexity index is 444. The third-order valence-electron chi connectivity index (χ3n) is 2.47. The molecule has 3 heteroatoms. The normalized spacial score (nSPS) is 9.61. The fraction of sp³-hybridized carbons (Fsp3) is 0.400. The minimum Gasteiger partial charge on any atom is -0.481 e. The first-order valence-corrected chi connectivity index (χ1v) is 5.98. The second kappa shape index (κ2) is 7.39. The first kappa shape index (κ1) is 14.1. The molecule has 0 aliphatic heterocycles. The third-order valence-corrected chi connectivity index (χ3v) is 2.47. The number of ether oxygens (including phenoxy) is 2. The molecule has 0 atom stereocenters. The van der Waals surface area contributed by atoms with Gasteiger partial charge in [-0.1, -0.05) is 18.1 Å². The van der Waals surface area contributed by atoms with Gasteiger partial charge in [-0.15, -0.1) is 6.42 Å². The van der Waals surface area contributed by atoms with Gasteiger partial charge in [-0.3, -0.25) is 4.79 Å². The van der Waals surface area contributed by atoms with Crippen LogP contribution in [0.1, 0.15) is 24.5 Å². The molecule has 1 rings (SSSR count). The largest absolute Gasteiger partial charge is 0.481 e. The molecule has 0 unspecified atom stereocenters. The molecule has 0 spiro atoms. The molecule has 3 nitrogen and oxygen atoms in total. The first-order valence-electron chi connectivity index (χ1n) is 5.98. The molecule has 0 saturated carbocycles. The monoisotopic (exact) mass is 246 g/mol. The van der Waals surface area contributed by atoms with Crippen molar-refractivity contribution in [3.05, 3.63) is 29.3 Å². The van der Waals surface area contributed by atoms with Crippen LogP contribution in [0.4, 0.5) is 0 Å². The average Bonchev–Trinajstić information content (AvgIpc) is 2.35. The Morgan fingerprint density at radius 3 is 2.83 bits per heavy atom. The quantitative estimate of drug-likeness (QED) is 0.571. The summed E-state index contributed by atoms with van der Waals surface area (Å²) in [5, 5.41) is 0. The minimum absolute atomic E-state index is 0.164. The number of aryl methyl sites for hydroxylation is 2. The van der Waals surface area contributed by atoms with Crippen molar-refractivity contribution in [2.75, 3.05) is 13.2 Å². The predicted octanol–water partition coefficient (Wildman–Crippen LogP) is 2.50. The molecule has 0 N–H and O–H groups in total. The van der Waals surface area contributed by atoms with E-state index in [2.05, 4.69) is 5.92 Å². The summed E-state index contributed by atoms with van der Waals surface area (Å²) < 4.78 is 10.3. The summed E-state index contributed by atoms with van der Waals surface area (Å²) in [7, 11) is 0. The summed E-state index contributed by atoms with van der Waals surface area (Å²) in [6.45, 7) is 4.46. The van der Waals surface area contributed by atoms with Gasteiger partial charge < -0.3 is 9.47 Å². The van der Waals surface area contributed by atoms with Crippen molar-refractivity contribution >= 4 is 5.97 Å². The highest BCUT2D eigenvalue weighted by atomic mass is 16.5. The van der Waals surface area contributed by atoms with E-state index in [-0.39, 0.29) is 12.6 Å². The number of hydrogen-bond donors (Lipinski definition) is 0. The number of carbonyl (C=O) groups is 1. The fourth-order valence-corrected chi connectivity index (χ4v) is 1.63. The van der Waals surface area contributed by atoms with E-state index in [1.165, 1.54) is 0 Å². The molecule has 0 amide bonds. The molecule has 0 saturated heterocycles. The van der Waals surface area contributed by atoms with Gasteiger partial charge in [0.1, 0.15) is 12.4 Å². The van der Waals surface area contributed by atoms with Gasteiger partial charge in [0.2, 0.25) is 0 Å². The molecule has 0 heterocycles. The number of hydrogen-bond acceptors (Lipinski definition) is 3. The third kappa shape index (κ3) is 4.50. The SMILES string of the molecule is C#CCOc1ccc(CCC(=O)OCC)cc1C. The van der Waals surface area contributed by atoms with Crippen LogP contribution in [0.5, 0.6) is 5.75 Å². The van der Waals surface area contributed by atoms with Gasteiger partial charge in [0.15, 0.2) is 0 Å². The van der Waals surface area contributed by atoms with E-state index in [1.807, 2.05) is 25.1 Å². The number of benzene rings is 1. The molecule has 1 aromatic rings. The van der Waals surface area contributed by atoms with Crippen molar-refractivity contribution in [1.29, 1.82) is 0 Å². The van der Waals surface area contributed by atoms with Crippen LogP contribution in [0.3, 0.4) is 0 Å². The maximum atomic E-state index is 11.2. The predicted molar refractivity (Wildman–Crippen MR) is 70.5 cm³/mol. The minimum atomic E-state index is -0.164. The molecular weight excluding hydrogens is 228 g/mol. The van der Waals surface area contributed by atoms with Gasteiger partial charge in [-0.05, 0) is 37.5 Å². The Kier molecular flexibility index (Phi) is 5.79. The summed E-state index contributed by atoms with van der Waals surface area (Å²) in [5.41, 5.74) is 2.11. The summed E-state index contributed by atoms with van der Waals surface area (Å²) in [5.74, 6) is 3.05. The van der Waals surface area contributed by atoms with E-state index < -0.39 is 0 Å². The van der Waals surface area contributed by atoms with E-state index >= 15 is 0 Å². The molecule has 1 aromatic carbocycles. The van der Waals surface area contributed by atoms with Crippen LogP contribution < -0.4 is 4.74 Å². The van der Waals surface area contributed by atoms with E-state index in [9.17, 15) is 4.79 Å². The van der Waals surface area contributed by atoms with Gasteiger partial charge in [-0.2, -0.15) is 0 Å².